The van der Waals surface area contributed by atoms with E-state index in [-0.39, 0.29) is 31.6 Å². The molecule has 1 saturated carbocycles. The van der Waals surface area contributed by atoms with Gasteiger partial charge in [0.25, 0.3) is 0 Å². The Balaban J connectivity index is 1.76. The van der Waals surface area contributed by atoms with Crippen LogP contribution in [0.4, 0.5) is 4.79 Å². The highest BCUT2D eigenvalue weighted by atomic mass is 16.5. The van der Waals surface area contributed by atoms with Gasteiger partial charge < -0.3 is 41.0 Å². The molecule has 2 fully saturated rings. The average Bonchev–Trinajstić information content (AvgIpc) is 3.30. The molecule has 2 aromatic rings. The van der Waals surface area contributed by atoms with E-state index in [2.05, 4.69) is 45.3 Å². The Bertz CT molecular complexity index is 1760. The van der Waals surface area contributed by atoms with Crippen LogP contribution in [0.5, 0.6) is 0 Å². The number of amides is 6. The summed E-state index contributed by atoms with van der Waals surface area (Å²) in [5, 5.41) is 14.5. The molecular weight excluding hydrogens is 815 g/mol. The summed E-state index contributed by atoms with van der Waals surface area (Å²) in [5.41, 5.74) is 1.63. The first-order valence-electron chi connectivity index (χ1n) is 23.7. The van der Waals surface area contributed by atoms with Crippen molar-refractivity contribution >= 4 is 35.6 Å². The molecule has 15 heteroatoms. The van der Waals surface area contributed by atoms with E-state index in [0.29, 0.717) is 45.2 Å². The van der Waals surface area contributed by atoms with E-state index >= 15 is 0 Å². The SMILES string of the molecule is CCCC[C@H]1C(=O)N(C)[C@@H](CCC)C(=O)N[C@@H](C2CCCCC2)C(=O)N[C@@H](CNC(=O)OCc2ccccc2)C(=O)N[C@@H]([C@H](C)OCc2ccccc2)C(=O)N[C@H](C)CN1CCCC. The fourth-order valence-electron chi connectivity index (χ4n) is 8.58. The highest BCUT2D eigenvalue weighted by Crippen LogP contribution is 2.27. The van der Waals surface area contributed by atoms with Crippen molar-refractivity contribution in [2.75, 3.05) is 26.7 Å². The molecule has 1 aliphatic heterocycles. The minimum absolute atomic E-state index is 0.0204. The van der Waals surface area contributed by atoms with Crippen molar-refractivity contribution < 1.29 is 38.2 Å². The minimum atomic E-state index is -1.40. The van der Waals surface area contributed by atoms with Crippen LogP contribution in [-0.4, -0.2) is 114 Å². The number of nitrogens with one attached hydrogen (secondary N) is 5. The van der Waals surface area contributed by atoms with Crippen LogP contribution in [0.1, 0.15) is 123 Å². The lowest BCUT2D eigenvalue weighted by Gasteiger charge is -2.38. The predicted octanol–water partition coefficient (Wildman–Crippen LogP) is 5.36. The molecule has 354 valence electrons. The van der Waals surface area contributed by atoms with Gasteiger partial charge in [0.2, 0.25) is 29.5 Å². The van der Waals surface area contributed by atoms with Crippen molar-refractivity contribution in [3.63, 3.8) is 0 Å². The molecule has 4 rings (SSSR count). The molecule has 0 spiro atoms. The smallest absolute Gasteiger partial charge is 0.407 e. The fraction of sp³-hybridized carbons (Fsp3) is 0.633. The zero-order valence-electron chi connectivity index (χ0n) is 39.1. The van der Waals surface area contributed by atoms with Crippen LogP contribution in [0.2, 0.25) is 0 Å². The summed E-state index contributed by atoms with van der Waals surface area (Å²) in [6.07, 6.45) is 7.32. The number of hydrogen-bond donors (Lipinski definition) is 5. The zero-order valence-corrected chi connectivity index (χ0v) is 39.1. The maximum absolute atomic E-state index is 14.8. The summed E-state index contributed by atoms with van der Waals surface area (Å²) in [5.74, 6) is -2.73. The molecule has 1 aliphatic carbocycles. The van der Waals surface area contributed by atoms with Crippen LogP contribution in [-0.2, 0) is 46.7 Å². The summed E-state index contributed by atoms with van der Waals surface area (Å²) >= 11 is 0. The third kappa shape index (κ3) is 16.2. The second-order valence-electron chi connectivity index (χ2n) is 17.5. The Kier molecular flexibility index (Phi) is 22.0. The largest absolute Gasteiger partial charge is 0.445 e. The molecule has 0 bridgehead atoms. The van der Waals surface area contributed by atoms with Gasteiger partial charge in [0.15, 0.2) is 0 Å². The number of alkyl carbamates (subject to hydrolysis) is 1. The molecule has 0 unspecified atom stereocenters. The minimum Gasteiger partial charge on any atom is -0.445 e. The van der Waals surface area contributed by atoms with Crippen molar-refractivity contribution in [3.8, 4) is 0 Å². The maximum Gasteiger partial charge on any atom is 0.407 e. The van der Waals surface area contributed by atoms with Gasteiger partial charge in [0.05, 0.1) is 25.3 Å². The van der Waals surface area contributed by atoms with Gasteiger partial charge in [-0.25, -0.2) is 4.79 Å². The van der Waals surface area contributed by atoms with E-state index in [1.165, 1.54) is 0 Å². The van der Waals surface area contributed by atoms with Crippen molar-refractivity contribution in [1.82, 2.24) is 36.4 Å². The molecule has 2 aromatic carbocycles. The topological polar surface area (TPSA) is 188 Å². The number of carbonyl (C=O) groups is 6. The quantitative estimate of drug-likeness (QED) is 0.139. The molecule has 64 heavy (non-hydrogen) atoms. The van der Waals surface area contributed by atoms with E-state index in [1.807, 2.05) is 74.5 Å². The van der Waals surface area contributed by atoms with Crippen LogP contribution in [0.15, 0.2) is 60.7 Å². The van der Waals surface area contributed by atoms with Gasteiger partial charge in [-0.05, 0) is 69.5 Å². The number of benzene rings is 2. The van der Waals surface area contributed by atoms with Gasteiger partial charge >= 0.3 is 6.09 Å². The van der Waals surface area contributed by atoms with Gasteiger partial charge in [-0.1, -0.05) is 126 Å². The average molecular weight is 890 g/mol. The van der Waals surface area contributed by atoms with Crippen LogP contribution in [0.25, 0.3) is 0 Å². The molecule has 1 heterocycles. The molecule has 5 N–H and O–H groups in total. The van der Waals surface area contributed by atoms with Crippen molar-refractivity contribution in [2.45, 2.75) is 167 Å². The third-order valence-corrected chi connectivity index (χ3v) is 12.3. The Hall–Kier alpha value is -5.02. The van der Waals surface area contributed by atoms with E-state index in [1.54, 1.807) is 18.9 Å². The number of hydrogen-bond acceptors (Lipinski definition) is 9. The van der Waals surface area contributed by atoms with Crippen molar-refractivity contribution in [3.05, 3.63) is 71.8 Å². The van der Waals surface area contributed by atoms with Crippen molar-refractivity contribution in [2.24, 2.45) is 5.92 Å². The molecule has 15 nitrogen and oxygen atoms in total. The van der Waals surface area contributed by atoms with E-state index in [4.69, 9.17) is 9.47 Å². The Morgan fingerprint density at radius 3 is 2.00 bits per heavy atom. The monoisotopic (exact) mass is 890 g/mol. The Labute approximate surface area is 380 Å². The molecule has 1 saturated heterocycles. The van der Waals surface area contributed by atoms with Gasteiger partial charge in [0, 0.05) is 19.6 Å². The van der Waals surface area contributed by atoms with Gasteiger partial charge in [-0.3, -0.25) is 28.9 Å². The molecule has 2 aliphatic rings. The van der Waals surface area contributed by atoms with Crippen molar-refractivity contribution in [1.29, 1.82) is 0 Å². The maximum atomic E-state index is 14.8. The lowest BCUT2D eigenvalue weighted by Crippen LogP contribution is -2.64. The predicted molar refractivity (Wildman–Crippen MR) is 247 cm³/mol. The second kappa shape index (κ2) is 27.3. The highest BCUT2D eigenvalue weighted by molar-refractivity contribution is 5.96. The van der Waals surface area contributed by atoms with Crippen LogP contribution in [0, 0.1) is 5.92 Å². The molecule has 0 radical (unpaired) electrons. The lowest BCUT2D eigenvalue weighted by molar-refractivity contribution is -0.145. The summed E-state index contributed by atoms with van der Waals surface area (Å²) in [6, 6.07) is 13.0. The first-order valence-corrected chi connectivity index (χ1v) is 23.7. The standard InChI is InChI=1S/C49H75N7O8/c1-7-10-28-41-48(61)55(6)40(21-9-3)45(58)54-43(38-26-19-14-20-27-38)47(60)52-39(30-50-49(62)64-33-37-24-17-13-18-25-37)44(57)53-42(35(5)63-32-36-22-15-12-16-23-36)46(59)51-34(4)31-56(41)29-11-8-2/h12-13,15-18,22-25,34-35,38-43H,7-11,14,19-21,26-33H2,1-6H3,(H,50,62)(H,51,59)(H,52,60)(H,53,57)(H,54,58)/t34-,35+,39+,40+,41+,42+,43+/m1/s1. The first kappa shape index (κ1) is 51.6. The molecule has 0 aromatic heterocycles. The van der Waals surface area contributed by atoms with Crippen LogP contribution in [0.3, 0.4) is 0 Å². The number of nitrogens with zero attached hydrogens (tertiary/aromatic N) is 2. The number of unbranched alkanes of at least 4 members (excludes halogenated alkanes) is 2. The number of rotatable bonds is 17. The first-order chi connectivity index (χ1) is 30.9. The number of likely N-dealkylation sites (N-methyl/N-ethyl adjacent to an activating group) is 1. The van der Waals surface area contributed by atoms with E-state index in [9.17, 15) is 28.8 Å². The summed E-state index contributed by atoms with van der Waals surface area (Å²) in [7, 11) is 1.67. The zero-order chi connectivity index (χ0) is 46.4. The molecular formula is C49H75N7O8. The van der Waals surface area contributed by atoms with Gasteiger partial charge in [-0.2, -0.15) is 0 Å². The van der Waals surface area contributed by atoms with Gasteiger partial charge in [0.1, 0.15) is 30.8 Å². The number of carbonyl (C=O) groups excluding carboxylic acids is 6. The van der Waals surface area contributed by atoms with Gasteiger partial charge in [-0.15, -0.1) is 0 Å². The van der Waals surface area contributed by atoms with E-state index < -0.39 is 72.1 Å². The fourth-order valence-corrected chi connectivity index (χ4v) is 8.58. The normalized spacial score (nSPS) is 24.3. The number of ether oxygens (including phenoxy) is 2. The third-order valence-electron chi connectivity index (χ3n) is 12.3. The molecule has 6 amide bonds. The van der Waals surface area contributed by atoms with Crippen LogP contribution >= 0.6 is 0 Å². The Morgan fingerprint density at radius 1 is 0.734 bits per heavy atom. The Morgan fingerprint density at radius 2 is 1.38 bits per heavy atom. The lowest BCUT2D eigenvalue weighted by atomic mass is 9.83. The van der Waals surface area contributed by atoms with E-state index in [0.717, 1.165) is 56.1 Å². The molecule has 7 atom stereocenters. The summed E-state index contributed by atoms with van der Waals surface area (Å²) < 4.78 is 11.7. The summed E-state index contributed by atoms with van der Waals surface area (Å²) in [6.45, 7) is 10.4. The highest BCUT2D eigenvalue weighted by Gasteiger charge is 2.40. The second-order valence-corrected chi connectivity index (χ2v) is 17.5. The summed E-state index contributed by atoms with van der Waals surface area (Å²) in [4.78, 5) is 89.6. The van der Waals surface area contributed by atoms with Crippen LogP contribution < -0.4 is 26.6 Å².